The summed E-state index contributed by atoms with van der Waals surface area (Å²) in [6.07, 6.45) is 12.4. The van der Waals surface area contributed by atoms with Crippen molar-refractivity contribution in [2.75, 3.05) is 0 Å². The van der Waals surface area contributed by atoms with Crippen molar-refractivity contribution >= 4 is 28.1 Å². The van der Waals surface area contributed by atoms with Crippen LogP contribution in [0.3, 0.4) is 0 Å². The third kappa shape index (κ3) is 5.04. The molecule has 6 aromatic carbocycles. The lowest BCUT2D eigenvalue weighted by molar-refractivity contribution is 0.679. The van der Waals surface area contributed by atoms with Crippen molar-refractivity contribution in [1.82, 2.24) is 0 Å². The molecule has 11 rings (SSSR count). The Morgan fingerprint density at radius 1 is 0.684 bits per heavy atom. The molecule has 0 amide bonds. The summed E-state index contributed by atoms with van der Waals surface area (Å²) in [6.45, 7) is 4.61. The SMILES string of the molecule is CCC(C)/C(=N\C(=C/Cc1ccccc1)c1cccc2c1C13C(=C(/C=C4\Cc5ccccc5-c5ccccc54)c4ccccc41)C1=CCCC2=C13)c1ccccc1. The summed E-state index contributed by atoms with van der Waals surface area (Å²) in [4.78, 5) is 5.79. The molecule has 0 saturated heterocycles. The fourth-order valence-electron chi connectivity index (χ4n) is 10.7. The number of rotatable bonds is 8. The Balaban J connectivity index is 1.17. The zero-order chi connectivity index (χ0) is 38.1. The van der Waals surface area contributed by atoms with Crippen LogP contribution >= 0.6 is 0 Å². The molecule has 5 aliphatic rings. The van der Waals surface area contributed by atoms with E-state index in [0.717, 1.165) is 43.5 Å². The Morgan fingerprint density at radius 2 is 1.37 bits per heavy atom. The van der Waals surface area contributed by atoms with Crippen LogP contribution in [-0.4, -0.2) is 5.71 Å². The first kappa shape index (κ1) is 34.0. The summed E-state index contributed by atoms with van der Waals surface area (Å²) >= 11 is 0. The van der Waals surface area contributed by atoms with E-state index in [4.69, 9.17) is 4.99 Å². The third-order valence-corrected chi connectivity index (χ3v) is 13.3. The third-order valence-electron chi connectivity index (χ3n) is 13.3. The van der Waals surface area contributed by atoms with Gasteiger partial charge in [0.05, 0.1) is 16.8 Å². The van der Waals surface area contributed by atoms with Crippen molar-refractivity contribution in [3.8, 4) is 11.1 Å². The fraction of sp³-hybridized carbons (Fsp3) is 0.161. The molecule has 0 bridgehead atoms. The maximum absolute atomic E-state index is 5.79. The van der Waals surface area contributed by atoms with E-state index in [0.29, 0.717) is 5.92 Å². The highest BCUT2D eigenvalue weighted by Crippen LogP contribution is 2.74. The first-order valence-corrected chi connectivity index (χ1v) is 20.9. The maximum atomic E-state index is 5.79. The predicted octanol–water partition coefficient (Wildman–Crippen LogP) is 13.7. The highest BCUT2D eigenvalue weighted by molar-refractivity contribution is 6.11. The van der Waals surface area contributed by atoms with Gasteiger partial charge < -0.3 is 0 Å². The van der Waals surface area contributed by atoms with Crippen LogP contribution in [0.25, 0.3) is 33.5 Å². The van der Waals surface area contributed by atoms with Gasteiger partial charge in [0.2, 0.25) is 0 Å². The molecule has 1 fully saturated rings. The van der Waals surface area contributed by atoms with Gasteiger partial charge in [-0.1, -0.05) is 178 Å². The summed E-state index contributed by atoms with van der Waals surface area (Å²) < 4.78 is 0. The number of aliphatic imine (C=N–C) groups is 1. The van der Waals surface area contributed by atoms with Crippen LogP contribution in [0.2, 0.25) is 0 Å². The van der Waals surface area contributed by atoms with Gasteiger partial charge in [-0.15, -0.1) is 0 Å². The van der Waals surface area contributed by atoms with Crippen LogP contribution in [0.1, 0.15) is 83.2 Å². The Hall–Kier alpha value is -6.31. The number of hydrogen-bond donors (Lipinski definition) is 0. The molecule has 1 nitrogen and oxygen atoms in total. The van der Waals surface area contributed by atoms with Gasteiger partial charge in [0, 0.05) is 5.56 Å². The molecule has 2 atom stereocenters. The first-order chi connectivity index (χ1) is 28.2. The quantitative estimate of drug-likeness (QED) is 0.138. The Morgan fingerprint density at radius 3 is 2.18 bits per heavy atom. The fourth-order valence-corrected chi connectivity index (χ4v) is 10.7. The second-order valence-corrected chi connectivity index (χ2v) is 16.3. The number of benzene rings is 6. The lowest BCUT2D eigenvalue weighted by Gasteiger charge is -2.47. The van der Waals surface area contributed by atoms with E-state index >= 15 is 0 Å². The molecule has 5 aliphatic carbocycles. The monoisotopic (exact) mass is 731 g/mol. The minimum Gasteiger partial charge on any atom is -0.252 e. The van der Waals surface area contributed by atoms with Crippen molar-refractivity contribution in [3.05, 3.63) is 237 Å². The minimum atomic E-state index is -0.326. The van der Waals surface area contributed by atoms with E-state index < -0.39 is 0 Å². The van der Waals surface area contributed by atoms with E-state index in [1.165, 1.54) is 94.6 Å². The van der Waals surface area contributed by atoms with Crippen LogP contribution in [0.15, 0.2) is 192 Å². The highest BCUT2D eigenvalue weighted by atomic mass is 14.8. The van der Waals surface area contributed by atoms with Crippen molar-refractivity contribution in [2.24, 2.45) is 10.9 Å². The number of nitrogens with zero attached hydrogens (tertiary/aromatic N) is 1. The molecule has 0 N–H and O–H groups in total. The zero-order valence-electron chi connectivity index (χ0n) is 32.7. The maximum Gasteiger partial charge on any atom is 0.0740 e. The van der Waals surface area contributed by atoms with Crippen LogP contribution in [0.5, 0.6) is 0 Å². The van der Waals surface area contributed by atoms with Gasteiger partial charge in [-0.3, -0.25) is 4.99 Å². The van der Waals surface area contributed by atoms with E-state index in [2.05, 4.69) is 184 Å². The molecule has 6 aromatic rings. The van der Waals surface area contributed by atoms with Crippen molar-refractivity contribution in [3.63, 3.8) is 0 Å². The van der Waals surface area contributed by atoms with Crippen LogP contribution in [0.4, 0.5) is 0 Å². The van der Waals surface area contributed by atoms with Crippen molar-refractivity contribution in [1.29, 1.82) is 0 Å². The van der Waals surface area contributed by atoms with E-state index in [1.807, 2.05) is 0 Å². The van der Waals surface area contributed by atoms with Gasteiger partial charge in [-0.2, -0.15) is 0 Å². The second kappa shape index (κ2) is 13.4. The molecule has 1 saturated carbocycles. The average molecular weight is 732 g/mol. The Kier molecular flexibility index (Phi) is 8.00. The van der Waals surface area contributed by atoms with E-state index in [9.17, 15) is 0 Å². The largest absolute Gasteiger partial charge is 0.252 e. The Bertz CT molecular complexity index is 2820. The molecule has 0 heterocycles. The second-order valence-electron chi connectivity index (χ2n) is 16.3. The predicted molar refractivity (Wildman–Crippen MR) is 239 cm³/mol. The molecule has 274 valence electrons. The van der Waals surface area contributed by atoms with Crippen LogP contribution in [-0.2, 0) is 18.3 Å². The minimum absolute atomic E-state index is 0.302. The summed E-state index contributed by atoms with van der Waals surface area (Å²) in [5.74, 6) is 0.302. The summed E-state index contributed by atoms with van der Waals surface area (Å²) in [6, 6.07) is 56.1. The van der Waals surface area contributed by atoms with Crippen molar-refractivity contribution < 1.29 is 0 Å². The lowest BCUT2D eigenvalue weighted by Crippen LogP contribution is -2.41. The molecule has 1 spiro atoms. The summed E-state index contributed by atoms with van der Waals surface area (Å²) in [7, 11) is 0. The van der Waals surface area contributed by atoms with Gasteiger partial charge in [-0.25, -0.2) is 0 Å². The molecule has 2 unspecified atom stereocenters. The molecular weight excluding hydrogens is 687 g/mol. The van der Waals surface area contributed by atoms with Gasteiger partial charge in [0.25, 0.3) is 0 Å². The molecule has 0 aromatic heterocycles. The highest BCUT2D eigenvalue weighted by Gasteiger charge is 2.64. The average Bonchev–Trinajstić information content (AvgIpc) is 3.69. The van der Waals surface area contributed by atoms with Gasteiger partial charge in [0.15, 0.2) is 0 Å². The van der Waals surface area contributed by atoms with Crippen molar-refractivity contribution in [2.45, 2.75) is 51.4 Å². The smallest absolute Gasteiger partial charge is 0.0740 e. The first-order valence-electron chi connectivity index (χ1n) is 20.9. The zero-order valence-corrected chi connectivity index (χ0v) is 32.7. The summed E-state index contributed by atoms with van der Waals surface area (Å²) in [5, 5.41) is 0. The van der Waals surface area contributed by atoms with E-state index in [1.54, 1.807) is 0 Å². The molecule has 0 aliphatic heterocycles. The molecule has 0 radical (unpaired) electrons. The van der Waals surface area contributed by atoms with Crippen LogP contribution < -0.4 is 0 Å². The standard InChI is InChI=1S/C56H45N/c1-3-36(2)55(38-20-8-5-9-21-38)57-51(33-32-37-18-6-4-7-19-37)47-29-16-27-45-46-28-17-30-48-53(46)56(52(45)47)50-31-15-14-26-44(50)49(54(48)56)35-40-34-39-22-10-11-23-41(39)43-25-13-12-24-42(40)43/h4-16,18-27,29-31,33,35-36H,3,17,28,32,34H2,1-2H3/b40-35+,51-33-,57-55+. The van der Waals surface area contributed by atoms with Gasteiger partial charge in [0.1, 0.15) is 0 Å². The number of allylic oxidation sites excluding steroid dienone is 9. The topological polar surface area (TPSA) is 12.4 Å². The van der Waals surface area contributed by atoms with E-state index in [-0.39, 0.29) is 5.41 Å². The Labute approximate surface area is 336 Å². The molecule has 57 heavy (non-hydrogen) atoms. The van der Waals surface area contributed by atoms with Crippen LogP contribution in [0, 0.1) is 5.92 Å². The number of hydrogen-bond acceptors (Lipinski definition) is 1. The lowest BCUT2D eigenvalue weighted by atomic mass is 9.53. The van der Waals surface area contributed by atoms with Gasteiger partial charge >= 0.3 is 0 Å². The molecular formula is C56H45N. The molecule has 1 heteroatoms. The summed E-state index contributed by atoms with van der Waals surface area (Å²) in [5.41, 5.74) is 25.5. The number of fused-ring (bicyclic) bond motifs is 7. The van der Waals surface area contributed by atoms with Gasteiger partial charge in [-0.05, 0) is 133 Å². The normalized spacial score (nSPS) is 19.9.